The Labute approximate surface area is 45.9 Å². The summed E-state index contributed by atoms with van der Waals surface area (Å²) >= 11 is 2.45. The summed E-state index contributed by atoms with van der Waals surface area (Å²) in [5, 5.41) is 7.67. The van der Waals surface area contributed by atoms with E-state index in [1.165, 1.54) is 6.19 Å². The maximum absolute atomic E-state index is 7.67. The minimum absolute atomic E-state index is 1.13. The van der Waals surface area contributed by atoms with E-state index in [0.29, 0.717) is 0 Å². The second-order valence-electron chi connectivity index (χ2n) is 0.426. The molecule has 0 aliphatic heterocycles. The van der Waals surface area contributed by atoms with E-state index in [1.807, 2.05) is 0 Å². The average molecular weight is 173 g/mol. The van der Waals surface area contributed by atoms with Crippen LogP contribution in [0.25, 0.3) is 0 Å². The number of rotatable bonds is 1. The van der Waals surface area contributed by atoms with Crippen LogP contribution < -0.4 is 0 Å². The molecule has 3 nitrogen and oxygen atoms in total. The van der Waals surface area contributed by atoms with E-state index in [9.17, 15) is 0 Å². The molecule has 0 saturated carbocycles. The van der Waals surface area contributed by atoms with Gasteiger partial charge >= 0.3 is 45.4 Å². The van der Waals surface area contributed by atoms with Crippen molar-refractivity contribution in [1.82, 2.24) is 0 Å². The Morgan fingerprint density at radius 3 is 2.67 bits per heavy atom. The first-order chi connectivity index (χ1) is 2.91. The fourth-order valence-corrected chi connectivity index (χ4v) is 0.134. The van der Waals surface area contributed by atoms with Gasteiger partial charge in [0.15, 0.2) is 0 Å². The third-order valence-electron chi connectivity index (χ3n) is 0.152. The minimum atomic E-state index is 1.13. The van der Waals surface area contributed by atoms with Crippen LogP contribution in [-0.2, 0) is 19.0 Å². The molecule has 6 heavy (non-hydrogen) atoms. The SMILES string of the molecule is N#CN=C[N]=[Pd]. The van der Waals surface area contributed by atoms with Gasteiger partial charge in [-0.2, -0.15) is 0 Å². The molecule has 0 spiro atoms. The molecule has 0 atom stereocenters. The molecule has 0 rings (SSSR count). The van der Waals surface area contributed by atoms with Crippen molar-refractivity contribution in [2.24, 2.45) is 8.56 Å². The molecule has 0 aliphatic carbocycles. The Bertz CT molecular complexity index is 99.9. The molecule has 0 aliphatic rings. The van der Waals surface area contributed by atoms with E-state index < -0.39 is 0 Å². The van der Waals surface area contributed by atoms with Gasteiger partial charge in [-0.05, 0) is 0 Å². The monoisotopic (exact) mass is 173 g/mol. The quantitative estimate of drug-likeness (QED) is 0.242. The molecule has 0 radical (unpaired) electrons. The number of nitrogens with zero attached hydrogens (tertiary/aromatic N) is 3. The summed E-state index contributed by atoms with van der Waals surface area (Å²) in [6.45, 7) is 0. The Morgan fingerprint density at radius 1 is 1.83 bits per heavy atom. The molecule has 34 valence electrons. The number of nitriles is 1. The van der Waals surface area contributed by atoms with E-state index in [1.54, 1.807) is 0 Å². The van der Waals surface area contributed by atoms with Crippen molar-refractivity contribution in [2.45, 2.75) is 0 Å². The van der Waals surface area contributed by atoms with Crippen LogP contribution in [0.1, 0.15) is 0 Å². The zero-order valence-electron chi connectivity index (χ0n) is 2.74. The molecule has 0 N–H and O–H groups in total. The molecule has 0 heterocycles. The van der Waals surface area contributed by atoms with E-state index in [0.717, 1.165) is 6.34 Å². The summed E-state index contributed by atoms with van der Waals surface area (Å²) < 4.78 is 3.26. The van der Waals surface area contributed by atoms with Crippen LogP contribution in [0, 0.1) is 11.5 Å². The number of hydrogen-bond donors (Lipinski definition) is 0. The molecular weight excluding hydrogens is 172 g/mol. The third kappa shape index (κ3) is 3.62. The average Bonchev–Trinajstić information content (AvgIpc) is 1.61. The van der Waals surface area contributed by atoms with Gasteiger partial charge in [-0.15, -0.1) is 0 Å². The van der Waals surface area contributed by atoms with E-state index >= 15 is 0 Å². The molecule has 0 aromatic rings. The maximum atomic E-state index is 7.67. The van der Waals surface area contributed by atoms with Crippen molar-refractivity contribution in [3.8, 4) is 6.19 Å². The Morgan fingerprint density at radius 2 is 2.50 bits per heavy atom. The summed E-state index contributed by atoms with van der Waals surface area (Å²) in [6, 6.07) is 0. The first-order valence-electron chi connectivity index (χ1n) is 1.11. The van der Waals surface area contributed by atoms with Crippen LogP contribution in [-0.4, -0.2) is 6.34 Å². The molecular formula is C2HN3Pd. The van der Waals surface area contributed by atoms with Gasteiger partial charge < -0.3 is 0 Å². The van der Waals surface area contributed by atoms with Crippen LogP contribution in [0.2, 0.25) is 0 Å². The Hall–Kier alpha value is -0.378. The van der Waals surface area contributed by atoms with Gasteiger partial charge in [-0.25, -0.2) is 0 Å². The van der Waals surface area contributed by atoms with E-state index in [2.05, 4.69) is 27.6 Å². The van der Waals surface area contributed by atoms with Crippen LogP contribution in [0.4, 0.5) is 0 Å². The van der Waals surface area contributed by atoms with Gasteiger partial charge in [-0.3, -0.25) is 0 Å². The van der Waals surface area contributed by atoms with Crippen molar-refractivity contribution in [1.29, 1.82) is 5.26 Å². The van der Waals surface area contributed by atoms with Gasteiger partial charge in [-0.1, -0.05) is 0 Å². The van der Waals surface area contributed by atoms with Gasteiger partial charge in [0.05, 0.1) is 0 Å². The summed E-state index contributed by atoms with van der Waals surface area (Å²) in [6.07, 6.45) is 2.65. The Kier molecular flexibility index (Phi) is 4.33. The summed E-state index contributed by atoms with van der Waals surface area (Å²) in [5.74, 6) is 0. The summed E-state index contributed by atoms with van der Waals surface area (Å²) in [5.41, 5.74) is 0. The zero-order chi connectivity index (χ0) is 4.83. The van der Waals surface area contributed by atoms with Crippen molar-refractivity contribution in [3.05, 3.63) is 0 Å². The fraction of sp³-hybridized carbons (Fsp3) is 0. The first-order valence-corrected chi connectivity index (χ1v) is 1.80. The topological polar surface area (TPSA) is 48.5 Å². The predicted molar refractivity (Wildman–Crippen MR) is 16.5 cm³/mol. The normalized spacial score (nSPS) is 8.17. The van der Waals surface area contributed by atoms with Crippen molar-refractivity contribution in [3.63, 3.8) is 0 Å². The predicted octanol–water partition coefficient (Wildman–Crippen LogP) is 0.226. The van der Waals surface area contributed by atoms with Crippen LogP contribution in [0.3, 0.4) is 0 Å². The van der Waals surface area contributed by atoms with Gasteiger partial charge in [0.25, 0.3) is 0 Å². The van der Waals surface area contributed by atoms with E-state index in [4.69, 9.17) is 5.26 Å². The van der Waals surface area contributed by atoms with Crippen LogP contribution in [0.15, 0.2) is 8.56 Å². The molecule has 0 unspecified atom stereocenters. The standard InChI is InChI=1S/C2HN3.Pd/c3-1-5-2-4;/h1H;. The van der Waals surface area contributed by atoms with Gasteiger partial charge in [0, 0.05) is 0 Å². The van der Waals surface area contributed by atoms with Crippen molar-refractivity contribution in [2.75, 3.05) is 0 Å². The van der Waals surface area contributed by atoms with Crippen molar-refractivity contribution >= 4 is 6.34 Å². The van der Waals surface area contributed by atoms with Gasteiger partial charge in [0.1, 0.15) is 0 Å². The number of aliphatic imine (C=N–C) groups is 1. The van der Waals surface area contributed by atoms with Crippen molar-refractivity contribution < 1.29 is 19.0 Å². The second kappa shape index (κ2) is 4.62. The molecule has 4 heteroatoms. The number of hydrogen-bond acceptors (Lipinski definition) is 2. The summed E-state index contributed by atoms with van der Waals surface area (Å²) in [4.78, 5) is 3.07. The molecule has 0 aromatic carbocycles. The molecule has 0 fully saturated rings. The zero-order valence-corrected chi connectivity index (χ0v) is 4.29. The summed E-state index contributed by atoms with van der Waals surface area (Å²) in [7, 11) is 0. The third-order valence-corrected chi connectivity index (χ3v) is 0.331. The molecule has 0 bridgehead atoms. The first kappa shape index (κ1) is 5.62. The van der Waals surface area contributed by atoms with Crippen LogP contribution in [0.5, 0.6) is 0 Å². The Balaban J connectivity index is 3.26. The van der Waals surface area contributed by atoms with Gasteiger partial charge in [0.2, 0.25) is 0 Å². The van der Waals surface area contributed by atoms with Crippen LogP contribution >= 0.6 is 0 Å². The molecule has 0 saturated heterocycles. The van der Waals surface area contributed by atoms with E-state index in [-0.39, 0.29) is 0 Å². The second-order valence-corrected chi connectivity index (χ2v) is 0.828. The molecule has 0 aromatic heterocycles. The fourth-order valence-electron chi connectivity index (χ4n) is 0.0441. The molecule has 0 amide bonds.